The van der Waals surface area contributed by atoms with E-state index in [-0.39, 0.29) is 18.1 Å². The van der Waals surface area contributed by atoms with Crippen molar-refractivity contribution in [1.29, 1.82) is 0 Å². The summed E-state index contributed by atoms with van der Waals surface area (Å²) < 4.78 is 13.0. The lowest BCUT2D eigenvalue weighted by Crippen LogP contribution is -2.27. The molecule has 2 rings (SSSR count). The number of aliphatic hydroxyl groups excluding tert-OH is 1. The van der Waals surface area contributed by atoms with Gasteiger partial charge in [0.2, 0.25) is 5.91 Å². The summed E-state index contributed by atoms with van der Waals surface area (Å²) in [6.07, 6.45) is -0.125. The van der Waals surface area contributed by atoms with Gasteiger partial charge in [-0.1, -0.05) is 36.4 Å². The molecule has 0 saturated heterocycles. The van der Waals surface area contributed by atoms with E-state index in [9.17, 15) is 14.3 Å². The Labute approximate surface area is 129 Å². The van der Waals surface area contributed by atoms with E-state index in [2.05, 4.69) is 5.32 Å². The second-order valence-corrected chi connectivity index (χ2v) is 5.30. The second-order valence-electron chi connectivity index (χ2n) is 5.30. The molecule has 1 atom stereocenters. The standard InChI is InChI=1S/C18H20FNO2/c1-13-11-16(19)8-7-14(13)9-10-20-18(22)12-17(21)15-5-3-2-4-6-15/h2-8,11,17,21H,9-10,12H2,1H3,(H,20,22). The Balaban J connectivity index is 1.78. The number of halogens is 1. The molecule has 116 valence electrons. The smallest absolute Gasteiger partial charge is 0.222 e. The van der Waals surface area contributed by atoms with Gasteiger partial charge in [-0.3, -0.25) is 4.79 Å². The Morgan fingerprint density at radius 3 is 2.64 bits per heavy atom. The number of benzene rings is 2. The molecule has 0 aliphatic carbocycles. The van der Waals surface area contributed by atoms with E-state index in [0.717, 1.165) is 16.7 Å². The second kappa shape index (κ2) is 7.71. The topological polar surface area (TPSA) is 49.3 Å². The monoisotopic (exact) mass is 301 g/mol. The normalized spacial score (nSPS) is 12.0. The third-order valence-corrected chi connectivity index (χ3v) is 3.58. The quantitative estimate of drug-likeness (QED) is 0.862. The van der Waals surface area contributed by atoms with Gasteiger partial charge in [0.05, 0.1) is 12.5 Å². The van der Waals surface area contributed by atoms with Crippen LogP contribution in [0.25, 0.3) is 0 Å². The predicted octanol–water partition coefficient (Wildman–Crippen LogP) is 2.92. The average molecular weight is 301 g/mol. The highest BCUT2D eigenvalue weighted by atomic mass is 19.1. The SMILES string of the molecule is Cc1cc(F)ccc1CCNC(=O)CC(O)c1ccccc1. The first kappa shape index (κ1) is 16.2. The molecule has 0 aromatic heterocycles. The number of hydrogen-bond donors (Lipinski definition) is 2. The third kappa shape index (κ3) is 4.67. The molecule has 0 heterocycles. The number of nitrogens with one attached hydrogen (secondary N) is 1. The van der Waals surface area contributed by atoms with E-state index in [4.69, 9.17) is 0 Å². The van der Waals surface area contributed by atoms with Gasteiger partial charge in [0.25, 0.3) is 0 Å². The Kier molecular flexibility index (Phi) is 5.67. The Morgan fingerprint density at radius 1 is 1.23 bits per heavy atom. The number of amides is 1. The van der Waals surface area contributed by atoms with Crippen LogP contribution in [-0.2, 0) is 11.2 Å². The van der Waals surface area contributed by atoms with Gasteiger partial charge in [-0.15, -0.1) is 0 Å². The van der Waals surface area contributed by atoms with Crippen molar-refractivity contribution in [2.75, 3.05) is 6.54 Å². The zero-order valence-corrected chi connectivity index (χ0v) is 12.6. The first-order valence-electron chi connectivity index (χ1n) is 7.31. The zero-order chi connectivity index (χ0) is 15.9. The van der Waals surface area contributed by atoms with E-state index in [1.54, 1.807) is 18.2 Å². The minimum absolute atomic E-state index is 0.0341. The lowest BCUT2D eigenvalue weighted by atomic mass is 10.1. The molecule has 2 aromatic rings. The fraction of sp³-hybridized carbons (Fsp3) is 0.278. The highest BCUT2D eigenvalue weighted by Crippen LogP contribution is 2.15. The maximum Gasteiger partial charge on any atom is 0.222 e. The lowest BCUT2D eigenvalue weighted by molar-refractivity contribution is -0.123. The summed E-state index contributed by atoms with van der Waals surface area (Å²) in [5.41, 5.74) is 2.61. The minimum Gasteiger partial charge on any atom is -0.388 e. The number of aryl methyl sites for hydroxylation is 1. The molecule has 0 radical (unpaired) electrons. The van der Waals surface area contributed by atoms with E-state index < -0.39 is 6.10 Å². The molecule has 0 fully saturated rings. The Bertz CT molecular complexity index is 628. The Hall–Kier alpha value is -2.20. The van der Waals surface area contributed by atoms with E-state index in [0.29, 0.717) is 13.0 Å². The summed E-state index contributed by atoms with van der Waals surface area (Å²) in [4.78, 5) is 11.8. The summed E-state index contributed by atoms with van der Waals surface area (Å²) in [5.74, 6) is -0.451. The van der Waals surface area contributed by atoms with Crippen molar-refractivity contribution < 1.29 is 14.3 Å². The van der Waals surface area contributed by atoms with Crippen molar-refractivity contribution in [1.82, 2.24) is 5.32 Å². The van der Waals surface area contributed by atoms with Crippen molar-refractivity contribution in [3.05, 3.63) is 71.0 Å². The third-order valence-electron chi connectivity index (χ3n) is 3.58. The molecular weight excluding hydrogens is 281 g/mol. The molecule has 2 N–H and O–H groups in total. The van der Waals surface area contributed by atoms with Gasteiger partial charge < -0.3 is 10.4 Å². The average Bonchev–Trinajstić information content (AvgIpc) is 2.50. The van der Waals surface area contributed by atoms with Crippen molar-refractivity contribution in [2.45, 2.75) is 25.9 Å². The van der Waals surface area contributed by atoms with E-state index >= 15 is 0 Å². The van der Waals surface area contributed by atoms with Gasteiger partial charge in [0, 0.05) is 6.54 Å². The maximum atomic E-state index is 13.0. The van der Waals surface area contributed by atoms with Crippen LogP contribution in [0.15, 0.2) is 48.5 Å². The molecule has 2 aromatic carbocycles. The van der Waals surface area contributed by atoms with Gasteiger partial charge in [-0.05, 0) is 42.2 Å². The van der Waals surface area contributed by atoms with Crippen LogP contribution >= 0.6 is 0 Å². The summed E-state index contributed by atoms with van der Waals surface area (Å²) in [7, 11) is 0. The molecule has 3 nitrogen and oxygen atoms in total. The van der Waals surface area contributed by atoms with E-state index in [1.807, 2.05) is 25.1 Å². The zero-order valence-electron chi connectivity index (χ0n) is 12.6. The number of carbonyl (C=O) groups is 1. The minimum atomic E-state index is -0.797. The van der Waals surface area contributed by atoms with Crippen molar-refractivity contribution in [3.63, 3.8) is 0 Å². The summed E-state index contributed by atoms with van der Waals surface area (Å²) in [5, 5.41) is 12.8. The van der Waals surface area contributed by atoms with Crippen LogP contribution in [0, 0.1) is 12.7 Å². The molecule has 1 amide bonds. The highest BCUT2D eigenvalue weighted by Gasteiger charge is 2.12. The Morgan fingerprint density at radius 2 is 1.95 bits per heavy atom. The molecule has 0 saturated carbocycles. The summed E-state index contributed by atoms with van der Waals surface area (Å²) in [6, 6.07) is 13.7. The van der Waals surface area contributed by atoms with Gasteiger partial charge in [-0.25, -0.2) is 4.39 Å². The molecular formula is C18H20FNO2. The van der Waals surface area contributed by atoms with Crippen LogP contribution in [0.3, 0.4) is 0 Å². The predicted molar refractivity (Wildman–Crippen MR) is 83.9 cm³/mol. The maximum absolute atomic E-state index is 13.0. The van der Waals surface area contributed by atoms with Crippen LogP contribution in [-0.4, -0.2) is 17.6 Å². The van der Waals surface area contributed by atoms with Gasteiger partial charge >= 0.3 is 0 Å². The molecule has 22 heavy (non-hydrogen) atoms. The number of aliphatic hydroxyl groups is 1. The van der Waals surface area contributed by atoms with Gasteiger partial charge in [0.1, 0.15) is 5.82 Å². The van der Waals surface area contributed by atoms with E-state index in [1.165, 1.54) is 12.1 Å². The fourth-order valence-corrected chi connectivity index (χ4v) is 2.32. The van der Waals surface area contributed by atoms with Crippen LogP contribution in [0.1, 0.15) is 29.2 Å². The van der Waals surface area contributed by atoms with Crippen molar-refractivity contribution in [3.8, 4) is 0 Å². The van der Waals surface area contributed by atoms with Crippen LogP contribution in [0.2, 0.25) is 0 Å². The largest absolute Gasteiger partial charge is 0.388 e. The molecule has 0 aliphatic rings. The highest BCUT2D eigenvalue weighted by molar-refractivity contribution is 5.76. The van der Waals surface area contributed by atoms with Crippen molar-refractivity contribution >= 4 is 5.91 Å². The molecule has 4 heteroatoms. The van der Waals surface area contributed by atoms with Crippen molar-refractivity contribution in [2.24, 2.45) is 0 Å². The van der Waals surface area contributed by atoms with Gasteiger partial charge in [0.15, 0.2) is 0 Å². The van der Waals surface area contributed by atoms with Gasteiger partial charge in [-0.2, -0.15) is 0 Å². The van der Waals surface area contributed by atoms with Crippen LogP contribution in [0.4, 0.5) is 4.39 Å². The van der Waals surface area contributed by atoms with Crippen LogP contribution < -0.4 is 5.32 Å². The molecule has 0 aliphatic heterocycles. The molecule has 1 unspecified atom stereocenters. The fourth-order valence-electron chi connectivity index (χ4n) is 2.32. The van der Waals surface area contributed by atoms with Crippen LogP contribution in [0.5, 0.6) is 0 Å². The number of hydrogen-bond acceptors (Lipinski definition) is 2. The first-order chi connectivity index (χ1) is 10.6. The summed E-state index contributed by atoms with van der Waals surface area (Å²) in [6.45, 7) is 2.31. The molecule has 0 bridgehead atoms. The molecule has 0 spiro atoms. The lowest BCUT2D eigenvalue weighted by Gasteiger charge is -2.12. The number of rotatable bonds is 6. The number of carbonyl (C=O) groups excluding carboxylic acids is 1. The first-order valence-corrected chi connectivity index (χ1v) is 7.31. The summed E-state index contributed by atoms with van der Waals surface area (Å²) >= 11 is 0.